The van der Waals surface area contributed by atoms with Crippen molar-refractivity contribution in [3.05, 3.63) is 63.7 Å². The molecule has 0 radical (unpaired) electrons. The number of hydrogen-bond acceptors (Lipinski definition) is 6. The Hall–Kier alpha value is -3.11. The lowest BCUT2D eigenvalue weighted by Gasteiger charge is -2.33. The molecule has 1 aromatic carbocycles. The largest absolute Gasteiger partial charge is 0.348 e. The van der Waals surface area contributed by atoms with Gasteiger partial charge in [-0.05, 0) is 19.1 Å². The monoisotopic (exact) mass is 458 g/mol. The van der Waals surface area contributed by atoms with Crippen LogP contribution in [0.1, 0.15) is 39.7 Å². The second-order valence-corrected chi connectivity index (χ2v) is 8.71. The van der Waals surface area contributed by atoms with Gasteiger partial charge in [-0.1, -0.05) is 17.7 Å². The first-order chi connectivity index (χ1) is 14.9. The number of aromatic nitrogens is 5. The van der Waals surface area contributed by atoms with E-state index in [1.54, 1.807) is 23.4 Å². The van der Waals surface area contributed by atoms with E-state index in [9.17, 15) is 14.0 Å². The topological polar surface area (TPSA) is 96.8 Å². The zero-order valence-electron chi connectivity index (χ0n) is 16.3. The summed E-state index contributed by atoms with van der Waals surface area (Å²) in [5.74, 6) is -0.866. The molecule has 31 heavy (non-hydrogen) atoms. The van der Waals surface area contributed by atoms with Gasteiger partial charge in [0.25, 0.3) is 5.91 Å². The number of amides is 1. The molecule has 4 heterocycles. The number of halogens is 2. The lowest BCUT2D eigenvalue weighted by Crippen LogP contribution is -2.40. The molecule has 3 aromatic heterocycles. The van der Waals surface area contributed by atoms with Crippen LogP contribution in [0, 0.1) is 5.82 Å². The molecule has 5 rings (SSSR count). The van der Waals surface area contributed by atoms with Gasteiger partial charge in [-0.25, -0.2) is 14.4 Å². The van der Waals surface area contributed by atoms with Gasteiger partial charge >= 0.3 is 0 Å². The number of ketones is 1. The van der Waals surface area contributed by atoms with E-state index < -0.39 is 11.9 Å². The van der Waals surface area contributed by atoms with Crippen LogP contribution in [0.4, 0.5) is 4.39 Å². The first kappa shape index (κ1) is 19.8. The first-order valence-corrected chi connectivity index (χ1v) is 10.7. The molecule has 1 N–H and O–H groups in total. The van der Waals surface area contributed by atoms with Crippen LogP contribution in [-0.2, 0) is 17.8 Å². The van der Waals surface area contributed by atoms with Crippen molar-refractivity contribution in [3.8, 4) is 0 Å². The van der Waals surface area contributed by atoms with Gasteiger partial charge in [0.2, 0.25) is 0 Å². The number of rotatable bonds is 4. The highest BCUT2D eigenvalue weighted by molar-refractivity contribution is 7.18. The van der Waals surface area contributed by atoms with Gasteiger partial charge in [0, 0.05) is 24.9 Å². The normalized spacial score (nSPS) is 16.0. The highest BCUT2D eigenvalue weighted by Crippen LogP contribution is 2.39. The minimum Gasteiger partial charge on any atom is -0.348 e. The zero-order valence-corrected chi connectivity index (χ0v) is 17.9. The fourth-order valence-electron chi connectivity index (χ4n) is 3.80. The SMILES string of the molecule is CC(=O)Cn1cc(C(=O)N2CCc3[nH]cnc3[C@H]2c2nc3c(F)cccc3s2)c(Cl)n1. The number of Topliss-reactive ketones (excluding diaryl/α,β-unsaturated/α-hetero) is 1. The Balaban J connectivity index is 1.59. The van der Waals surface area contributed by atoms with Crippen LogP contribution in [-0.4, -0.2) is 47.9 Å². The Labute approximate surface area is 184 Å². The van der Waals surface area contributed by atoms with Gasteiger partial charge in [0.05, 0.1) is 28.8 Å². The fourth-order valence-corrected chi connectivity index (χ4v) is 5.13. The number of carbonyl (C=O) groups excluding carboxylic acids is 2. The van der Waals surface area contributed by atoms with Crippen LogP contribution in [0.3, 0.4) is 0 Å². The van der Waals surface area contributed by atoms with E-state index in [1.807, 2.05) is 0 Å². The van der Waals surface area contributed by atoms with Crippen molar-refractivity contribution in [2.45, 2.75) is 25.9 Å². The number of hydrogen-bond donors (Lipinski definition) is 1. The Morgan fingerprint density at radius 3 is 3.00 bits per heavy atom. The van der Waals surface area contributed by atoms with Crippen LogP contribution in [0.2, 0.25) is 5.15 Å². The predicted octanol–water partition coefficient (Wildman–Crippen LogP) is 3.39. The number of thiazole rings is 1. The lowest BCUT2D eigenvalue weighted by atomic mass is 10.0. The molecular formula is C20H16ClFN6O2S. The number of nitrogens with zero attached hydrogens (tertiary/aromatic N) is 5. The standard InChI is InChI=1S/C20H16ClFN6O2S/c1-10(29)7-27-8-11(18(21)26-27)20(30)28-6-5-13-16(24-9-23-13)17(28)19-25-15-12(22)3-2-4-14(15)31-19/h2-4,8-9,17H,5-7H2,1H3,(H,23,24)/t17-/m0/s1. The van der Waals surface area contributed by atoms with Gasteiger partial charge in [0.15, 0.2) is 10.9 Å². The summed E-state index contributed by atoms with van der Waals surface area (Å²) >= 11 is 7.55. The third-order valence-electron chi connectivity index (χ3n) is 5.14. The highest BCUT2D eigenvalue weighted by atomic mass is 35.5. The summed E-state index contributed by atoms with van der Waals surface area (Å²) in [5.41, 5.74) is 2.04. The second kappa shape index (κ2) is 7.54. The third-order valence-corrected chi connectivity index (χ3v) is 6.49. The summed E-state index contributed by atoms with van der Waals surface area (Å²) in [5, 5.41) is 4.66. The Morgan fingerprint density at radius 2 is 2.23 bits per heavy atom. The minimum atomic E-state index is -0.591. The molecule has 1 aliphatic heterocycles. The number of nitrogens with one attached hydrogen (secondary N) is 1. The maximum absolute atomic E-state index is 14.3. The van der Waals surface area contributed by atoms with Crippen molar-refractivity contribution in [1.82, 2.24) is 29.6 Å². The van der Waals surface area contributed by atoms with Gasteiger partial charge in [0.1, 0.15) is 22.4 Å². The van der Waals surface area contributed by atoms with Gasteiger partial charge < -0.3 is 9.88 Å². The average molecular weight is 459 g/mol. The van der Waals surface area contributed by atoms with Crippen molar-refractivity contribution in [2.24, 2.45) is 0 Å². The molecule has 158 valence electrons. The summed E-state index contributed by atoms with van der Waals surface area (Å²) in [6.07, 6.45) is 3.63. The molecule has 4 aromatic rings. The number of H-pyrrole nitrogens is 1. The third kappa shape index (κ3) is 3.41. The van der Waals surface area contributed by atoms with E-state index in [1.165, 1.54) is 35.2 Å². The summed E-state index contributed by atoms with van der Waals surface area (Å²) in [4.78, 5) is 38.6. The Bertz CT molecular complexity index is 1330. The second-order valence-electron chi connectivity index (χ2n) is 7.29. The average Bonchev–Trinajstić information content (AvgIpc) is 3.44. The number of imidazole rings is 1. The Morgan fingerprint density at radius 1 is 1.39 bits per heavy atom. The quantitative estimate of drug-likeness (QED) is 0.505. The molecule has 0 fully saturated rings. The number of para-hydroxylation sites is 1. The van der Waals surface area contributed by atoms with Gasteiger partial charge in [-0.15, -0.1) is 11.3 Å². The van der Waals surface area contributed by atoms with Crippen molar-refractivity contribution in [1.29, 1.82) is 0 Å². The lowest BCUT2D eigenvalue weighted by molar-refractivity contribution is -0.117. The van der Waals surface area contributed by atoms with Crippen LogP contribution < -0.4 is 0 Å². The number of carbonyl (C=O) groups is 2. The fraction of sp³-hybridized carbons (Fsp3) is 0.250. The van der Waals surface area contributed by atoms with Gasteiger partial charge in [-0.2, -0.15) is 5.10 Å². The number of benzene rings is 1. The van der Waals surface area contributed by atoms with E-state index >= 15 is 0 Å². The molecule has 1 amide bonds. The molecular weight excluding hydrogens is 443 g/mol. The molecule has 0 bridgehead atoms. The minimum absolute atomic E-state index is 0.0215. The maximum atomic E-state index is 14.3. The predicted molar refractivity (Wildman–Crippen MR) is 113 cm³/mol. The molecule has 8 nitrogen and oxygen atoms in total. The first-order valence-electron chi connectivity index (χ1n) is 9.53. The van der Waals surface area contributed by atoms with E-state index in [2.05, 4.69) is 20.1 Å². The summed E-state index contributed by atoms with van der Waals surface area (Å²) in [6, 6.07) is 4.19. The van der Waals surface area contributed by atoms with Crippen molar-refractivity contribution in [2.75, 3.05) is 6.54 Å². The van der Waals surface area contributed by atoms with Crippen LogP contribution in [0.15, 0.2) is 30.7 Å². The smallest absolute Gasteiger partial charge is 0.259 e. The molecule has 0 saturated carbocycles. The van der Waals surface area contributed by atoms with E-state index in [-0.39, 0.29) is 34.5 Å². The van der Waals surface area contributed by atoms with Crippen LogP contribution in [0.25, 0.3) is 10.2 Å². The molecule has 0 aliphatic carbocycles. The number of aromatic amines is 1. The van der Waals surface area contributed by atoms with Gasteiger partial charge in [-0.3, -0.25) is 14.3 Å². The summed E-state index contributed by atoms with van der Waals surface area (Å²) in [6.45, 7) is 1.85. The van der Waals surface area contributed by atoms with Crippen molar-refractivity contribution >= 4 is 44.8 Å². The molecule has 1 aliphatic rings. The molecule has 0 unspecified atom stereocenters. The van der Waals surface area contributed by atoms with Crippen LogP contribution >= 0.6 is 22.9 Å². The van der Waals surface area contributed by atoms with E-state index in [0.29, 0.717) is 28.4 Å². The van der Waals surface area contributed by atoms with Crippen molar-refractivity contribution in [3.63, 3.8) is 0 Å². The highest BCUT2D eigenvalue weighted by Gasteiger charge is 2.38. The molecule has 1 atom stereocenters. The van der Waals surface area contributed by atoms with Crippen molar-refractivity contribution < 1.29 is 14.0 Å². The van der Waals surface area contributed by atoms with E-state index in [0.717, 1.165) is 5.69 Å². The maximum Gasteiger partial charge on any atom is 0.259 e. The number of fused-ring (bicyclic) bond motifs is 2. The Kier molecular flexibility index (Phi) is 4.82. The molecule has 11 heteroatoms. The summed E-state index contributed by atoms with van der Waals surface area (Å²) < 4.78 is 16.3. The summed E-state index contributed by atoms with van der Waals surface area (Å²) in [7, 11) is 0. The van der Waals surface area contributed by atoms with E-state index in [4.69, 9.17) is 11.6 Å². The molecule has 0 spiro atoms. The van der Waals surface area contributed by atoms with Crippen LogP contribution in [0.5, 0.6) is 0 Å². The molecule has 0 saturated heterocycles. The zero-order chi connectivity index (χ0) is 21.7.